The molecule has 2 heteroatoms. The van der Waals surface area contributed by atoms with Gasteiger partial charge in [0.25, 0.3) is 0 Å². The monoisotopic (exact) mass is 168 g/mol. The summed E-state index contributed by atoms with van der Waals surface area (Å²) in [6.45, 7) is 3.65. The minimum absolute atomic E-state index is 0.315. The van der Waals surface area contributed by atoms with Gasteiger partial charge in [0.2, 0.25) is 0 Å². The van der Waals surface area contributed by atoms with Crippen molar-refractivity contribution >= 4 is 0 Å². The van der Waals surface area contributed by atoms with Crippen LogP contribution in [0.5, 0.6) is 0 Å². The third kappa shape index (κ3) is 1.83. The molecule has 0 aromatic heterocycles. The normalized spacial score (nSPS) is 13.0. The standard InChI is InChI=1S/C10H13FO/c1-3-10(12)8-5-4-7(2)6-9(8)11/h4-6,10,12H,3H2,1-2H3/t10-/m0/s1. The minimum Gasteiger partial charge on any atom is -0.388 e. The van der Waals surface area contributed by atoms with Crippen LogP contribution >= 0.6 is 0 Å². The van der Waals surface area contributed by atoms with Crippen LogP contribution in [0.1, 0.15) is 30.6 Å². The molecule has 1 rings (SSSR count). The summed E-state index contributed by atoms with van der Waals surface area (Å²) < 4.78 is 13.1. The predicted octanol–water partition coefficient (Wildman–Crippen LogP) is 2.58. The molecule has 0 aliphatic carbocycles. The quantitative estimate of drug-likeness (QED) is 0.719. The topological polar surface area (TPSA) is 20.2 Å². The molecule has 1 aromatic carbocycles. The second-order valence-electron chi connectivity index (χ2n) is 2.95. The van der Waals surface area contributed by atoms with Gasteiger partial charge in [0, 0.05) is 5.56 Å². The van der Waals surface area contributed by atoms with E-state index < -0.39 is 6.10 Å². The number of halogens is 1. The lowest BCUT2D eigenvalue weighted by molar-refractivity contribution is 0.169. The third-order valence-corrected chi connectivity index (χ3v) is 1.90. The molecule has 1 aromatic rings. The van der Waals surface area contributed by atoms with Crippen molar-refractivity contribution in [3.05, 3.63) is 35.1 Å². The van der Waals surface area contributed by atoms with Gasteiger partial charge in [-0.15, -0.1) is 0 Å². The van der Waals surface area contributed by atoms with E-state index >= 15 is 0 Å². The zero-order valence-corrected chi connectivity index (χ0v) is 7.34. The third-order valence-electron chi connectivity index (χ3n) is 1.90. The number of hydrogen-bond acceptors (Lipinski definition) is 1. The van der Waals surface area contributed by atoms with Gasteiger partial charge in [0.15, 0.2) is 0 Å². The van der Waals surface area contributed by atoms with E-state index in [9.17, 15) is 9.50 Å². The predicted molar refractivity (Wildman–Crippen MR) is 46.4 cm³/mol. The van der Waals surface area contributed by atoms with Crippen LogP contribution in [0.15, 0.2) is 18.2 Å². The summed E-state index contributed by atoms with van der Waals surface area (Å²) in [5, 5.41) is 9.36. The maximum absolute atomic E-state index is 13.1. The Bertz CT molecular complexity index is 271. The smallest absolute Gasteiger partial charge is 0.129 e. The van der Waals surface area contributed by atoms with Gasteiger partial charge < -0.3 is 5.11 Å². The lowest BCUT2D eigenvalue weighted by atomic mass is 10.1. The molecule has 1 atom stereocenters. The van der Waals surface area contributed by atoms with Gasteiger partial charge in [0.1, 0.15) is 5.82 Å². The van der Waals surface area contributed by atoms with Crippen LogP contribution in [0.2, 0.25) is 0 Å². The van der Waals surface area contributed by atoms with E-state index in [1.54, 1.807) is 12.1 Å². The lowest BCUT2D eigenvalue weighted by Gasteiger charge is -2.09. The Labute approximate surface area is 71.9 Å². The molecule has 0 saturated carbocycles. The van der Waals surface area contributed by atoms with Crippen molar-refractivity contribution < 1.29 is 9.50 Å². The number of rotatable bonds is 2. The molecule has 0 unspecified atom stereocenters. The molecular weight excluding hydrogens is 155 g/mol. The second kappa shape index (κ2) is 3.68. The van der Waals surface area contributed by atoms with E-state index in [0.29, 0.717) is 12.0 Å². The molecule has 0 amide bonds. The fourth-order valence-corrected chi connectivity index (χ4v) is 1.12. The highest BCUT2D eigenvalue weighted by Gasteiger charge is 2.09. The lowest BCUT2D eigenvalue weighted by Crippen LogP contribution is -1.98. The highest BCUT2D eigenvalue weighted by Crippen LogP contribution is 2.20. The summed E-state index contributed by atoms with van der Waals surface area (Å²) in [4.78, 5) is 0. The number of benzene rings is 1. The summed E-state index contributed by atoms with van der Waals surface area (Å²) in [7, 11) is 0. The molecule has 0 heterocycles. The minimum atomic E-state index is -0.675. The Balaban J connectivity index is 3.01. The van der Waals surface area contributed by atoms with Crippen molar-refractivity contribution in [1.82, 2.24) is 0 Å². The van der Waals surface area contributed by atoms with Gasteiger partial charge in [-0.1, -0.05) is 19.1 Å². The van der Waals surface area contributed by atoms with Crippen LogP contribution in [-0.2, 0) is 0 Å². The first-order valence-electron chi connectivity index (χ1n) is 4.09. The van der Waals surface area contributed by atoms with E-state index in [1.165, 1.54) is 6.07 Å². The second-order valence-corrected chi connectivity index (χ2v) is 2.95. The molecule has 0 saturated heterocycles. The van der Waals surface area contributed by atoms with Crippen LogP contribution in [0.4, 0.5) is 4.39 Å². The van der Waals surface area contributed by atoms with Gasteiger partial charge in [-0.25, -0.2) is 4.39 Å². The van der Waals surface area contributed by atoms with Crippen molar-refractivity contribution in [3.63, 3.8) is 0 Å². The Kier molecular flexibility index (Phi) is 2.82. The molecule has 0 aliphatic rings. The Hall–Kier alpha value is -0.890. The summed E-state index contributed by atoms with van der Waals surface area (Å²) in [6.07, 6.45) is -0.134. The zero-order valence-electron chi connectivity index (χ0n) is 7.34. The zero-order chi connectivity index (χ0) is 9.14. The van der Waals surface area contributed by atoms with Gasteiger partial charge in [0.05, 0.1) is 6.10 Å². The molecule has 0 radical (unpaired) electrons. The van der Waals surface area contributed by atoms with Crippen LogP contribution < -0.4 is 0 Å². The van der Waals surface area contributed by atoms with Gasteiger partial charge in [-0.3, -0.25) is 0 Å². The Morgan fingerprint density at radius 3 is 2.67 bits per heavy atom. The van der Waals surface area contributed by atoms with Crippen molar-refractivity contribution in [1.29, 1.82) is 0 Å². The Morgan fingerprint density at radius 2 is 2.17 bits per heavy atom. The number of hydrogen-bond donors (Lipinski definition) is 1. The van der Waals surface area contributed by atoms with E-state index in [-0.39, 0.29) is 5.82 Å². The molecule has 0 bridgehead atoms. The van der Waals surface area contributed by atoms with Crippen molar-refractivity contribution in [2.24, 2.45) is 0 Å². The van der Waals surface area contributed by atoms with E-state index in [1.807, 2.05) is 13.8 Å². The molecule has 0 spiro atoms. The van der Waals surface area contributed by atoms with Crippen molar-refractivity contribution in [2.75, 3.05) is 0 Å². The van der Waals surface area contributed by atoms with Gasteiger partial charge in [-0.2, -0.15) is 0 Å². The van der Waals surface area contributed by atoms with Crippen molar-refractivity contribution in [2.45, 2.75) is 26.4 Å². The molecule has 1 N–H and O–H groups in total. The van der Waals surface area contributed by atoms with Crippen LogP contribution in [-0.4, -0.2) is 5.11 Å². The van der Waals surface area contributed by atoms with E-state index in [4.69, 9.17) is 0 Å². The summed E-state index contributed by atoms with van der Waals surface area (Å²) in [5.41, 5.74) is 1.27. The first kappa shape index (κ1) is 9.20. The highest BCUT2D eigenvalue weighted by atomic mass is 19.1. The first-order chi connectivity index (χ1) is 5.65. The fraction of sp³-hybridized carbons (Fsp3) is 0.400. The maximum atomic E-state index is 13.1. The molecule has 0 aliphatic heterocycles. The number of aliphatic hydroxyl groups excluding tert-OH is 1. The molecule has 1 nitrogen and oxygen atoms in total. The van der Waals surface area contributed by atoms with Gasteiger partial charge >= 0.3 is 0 Å². The average Bonchev–Trinajstić information content (AvgIpc) is 2.03. The van der Waals surface area contributed by atoms with Gasteiger partial charge in [-0.05, 0) is 25.0 Å². The summed E-state index contributed by atoms with van der Waals surface area (Å²) >= 11 is 0. The number of aryl methyl sites for hydroxylation is 1. The van der Waals surface area contributed by atoms with Crippen LogP contribution in [0, 0.1) is 12.7 Å². The number of aliphatic hydroxyl groups is 1. The molecule has 66 valence electrons. The molecular formula is C10H13FO. The largest absolute Gasteiger partial charge is 0.388 e. The first-order valence-corrected chi connectivity index (χ1v) is 4.09. The molecule has 0 fully saturated rings. The SMILES string of the molecule is CC[C@H](O)c1ccc(C)cc1F. The van der Waals surface area contributed by atoms with Crippen LogP contribution in [0.25, 0.3) is 0 Å². The molecule has 12 heavy (non-hydrogen) atoms. The van der Waals surface area contributed by atoms with Crippen molar-refractivity contribution in [3.8, 4) is 0 Å². The fourth-order valence-electron chi connectivity index (χ4n) is 1.12. The Morgan fingerprint density at radius 1 is 1.50 bits per heavy atom. The summed E-state index contributed by atoms with van der Waals surface area (Å²) in [5.74, 6) is -0.315. The maximum Gasteiger partial charge on any atom is 0.129 e. The van der Waals surface area contributed by atoms with Crippen LogP contribution in [0.3, 0.4) is 0 Å². The van der Waals surface area contributed by atoms with E-state index in [2.05, 4.69) is 0 Å². The van der Waals surface area contributed by atoms with E-state index in [0.717, 1.165) is 5.56 Å². The average molecular weight is 168 g/mol. The highest BCUT2D eigenvalue weighted by molar-refractivity contribution is 5.24. The summed E-state index contributed by atoms with van der Waals surface area (Å²) in [6, 6.07) is 4.88.